The van der Waals surface area contributed by atoms with Gasteiger partial charge in [0.25, 0.3) is 5.91 Å². The summed E-state index contributed by atoms with van der Waals surface area (Å²) in [5, 5.41) is 8.05. The highest BCUT2D eigenvalue weighted by Gasteiger charge is 2.44. The van der Waals surface area contributed by atoms with E-state index < -0.39 is 41.3 Å². The second-order valence-corrected chi connectivity index (χ2v) is 12.4. The van der Waals surface area contributed by atoms with Crippen molar-refractivity contribution in [1.82, 2.24) is 25.4 Å². The van der Waals surface area contributed by atoms with E-state index in [1.807, 2.05) is 11.9 Å². The number of methoxy groups -OCH3 is 1. The lowest BCUT2D eigenvalue weighted by molar-refractivity contribution is -0.149. The molecule has 1 aromatic heterocycles. The fraction of sp³-hybridized carbons (Fsp3) is 0.559. The molecule has 4 rings (SSSR count). The number of alkyl halides is 2. The topological polar surface area (TPSA) is 133 Å². The van der Waals surface area contributed by atoms with Crippen LogP contribution in [0.25, 0.3) is 0 Å². The zero-order chi connectivity index (χ0) is 34.1. The third-order valence-electron chi connectivity index (χ3n) is 9.11. The first-order chi connectivity index (χ1) is 22.4. The molecule has 3 N–H and O–H groups in total. The summed E-state index contributed by atoms with van der Waals surface area (Å²) in [6.45, 7) is 6.21. The molecule has 256 valence electrons. The lowest BCUT2D eigenvalue weighted by atomic mass is 9.83. The predicted molar refractivity (Wildman–Crippen MR) is 173 cm³/mol. The van der Waals surface area contributed by atoms with Crippen LogP contribution in [0.5, 0.6) is 5.88 Å². The molecule has 2 aliphatic rings. The van der Waals surface area contributed by atoms with Gasteiger partial charge in [0.1, 0.15) is 6.04 Å². The molecule has 0 spiro atoms. The molecular weight excluding hydrogens is 610 g/mol. The number of aromatic nitrogens is 1. The van der Waals surface area contributed by atoms with E-state index >= 15 is 8.78 Å². The summed E-state index contributed by atoms with van der Waals surface area (Å²) in [4.78, 5) is 60.3. The van der Waals surface area contributed by atoms with Crippen LogP contribution in [0.3, 0.4) is 0 Å². The van der Waals surface area contributed by atoms with Crippen LogP contribution >= 0.6 is 0 Å². The largest absolute Gasteiger partial charge is 0.481 e. The van der Waals surface area contributed by atoms with Crippen LogP contribution in [0.1, 0.15) is 69.4 Å². The second-order valence-electron chi connectivity index (χ2n) is 12.4. The Morgan fingerprint density at radius 2 is 1.64 bits per heavy atom. The van der Waals surface area contributed by atoms with E-state index in [0.29, 0.717) is 37.2 Å². The quantitative estimate of drug-likeness (QED) is 0.318. The standard InChI is InChI=1S/C34H46F2N6O5/c1-5-27(43)38-22(2)29(32(45)42-19-17-41(3)18-20-42)23-11-14-26(15-12-23)39-31(44)30(24-9-7-6-8-10-24)40-33(46)34(35,36)25-13-16-28(47-4)37-21-25/h11-16,21-22,24,29-30H,5-10,17-20H2,1-4H3,(H,38,43)(H,39,44)(H,40,46)/t22-,29-,30+/m1/s1. The highest BCUT2D eigenvalue weighted by Crippen LogP contribution is 2.32. The fourth-order valence-electron chi connectivity index (χ4n) is 6.22. The Hall–Kier alpha value is -4.13. The molecule has 1 aliphatic heterocycles. The maximum absolute atomic E-state index is 15.2. The van der Waals surface area contributed by atoms with Gasteiger partial charge in [-0.2, -0.15) is 8.78 Å². The lowest BCUT2D eigenvalue weighted by Crippen LogP contribution is -2.52. The Bertz CT molecular complexity index is 1380. The highest BCUT2D eigenvalue weighted by atomic mass is 19.3. The van der Waals surface area contributed by atoms with Crippen molar-refractivity contribution in [3.63, 3.8) is 0 Å². The average molecular weight is 657 g/mol. The zero-order valence-electron chi connectivity index (χ0n) is 27.6. The summed E-state index contributed by atoms with van der Waals surface area (Å²) in [7, 11) is 3.36. The van der Waals surface area contributed by atoms with Gasteiger partial charge in [-0.3, -0.25) is 19.2 Å². The van der Waals surface area contributed by atoms with Gasteiger partial charge in [0.2, 0.25) is 23.6 Å². The number of anilines is 1. The summed E-state index contributed by atoms with van der Waals surface area (Å²) < 4.78 is 35.4. The van der Waals surface area contributed by atoms with E-state index in [1.54, 1.807) is 38.1 Å². The van der Waals surface area contributed by atoms with Gasteiger partial charge in [-0.1, -0.05) is 38.3 Å². The van der Waals surface area contributed by atoms with E-state index in [1.165, 1.54) is 13.2 Å². The van der Waals surface area contributed by atoms with E-state index in [4.69, 9.17) is 4.74 Å². The van der Waals surface area contributed by atoms with Crippen molar-refractivity contribution in [3.8, 4) is 5.88 Å². The number of likely N-dealkylation sites (N-methyl/N-ethyl adjacent to an activating group) is 1. The molecule has 0 radical (unpaired) electrons. The molecule has 2 heterocycles. The number of carbonyl (C=O) groups excluding carboxylic acids is 4. The Morgan fingerprint density at radius 3 is 2.21 bits per heavy atom. The molecule has 1 saturated heterocycles. The first-order valence-corrected chi connectivity index (χ1v) is 16.3. The number of piperazine rings is 1. The van der Waals surface area contributed by atoms with Gasteiger partial charge in [0.05, 0.1) is 13.0 Å². The van der Waals surface area contributed by atoms with Crippen molar-refractivity contribution >= 4 is 29.3 Å². The number of nitrogens with zero attached hydrogens (tertiary/aromatic N) is 3. The summed E-state index contributed by atoms with van der Waals surface area (Å²) in [5.41, 5.74) is 0.441. The number of ether oxygens (including phenoxy) is 1. The Balaban J connectivity index is 1.52. The van der Waals surface area contributed by atoms with Gasteiger partial charge in [-0.25, -0.2) is 4.98 Å². The summed E-state index contributed by atoms with van der Waals surface area (Å²) >= 11 is 0. The fourth-order valence-corrected chi connectivity index (χ4v) is 6.22. The minimum Gasteiger partial charge on any atom is -0.481 e. The molecule has 47 heavy (non-hydrogen) atoms. The number of hydrogen-bond donors (Lipinski definition) is 3. The monoisotopic (exact) mass is 656 g/mol. The smallest absolute Gasteiger partial charge is 0.351 e. The van der Waals surface area contributed by atoms with Crippen LogP contribution < -0.4 is 20.7 Å². The number of rotatable bonds is 12. The number of benzene rings is 1. The SMILES string of the molecule is CCC(=O)N[C@H](C)[C@@H](C(=O)N1CCN(C)CC1)c1ccc(NC(=O)[C@@H](NC(=O)C(F)(F)c2ccc(OC)nc2)C2CCCCC2)cc1. The predicted octanol–water partition coefficient (Wildman–Crippen LogP) is 3.66. The Kier molecular flexibility index (Phi) is 12.3. The second kappa shape index (κ2) is 16.1. The number of carbonyl (C=O) groups is 4. The molecule has 13 heteroatoms. The van der Waals surface area contributed by atoms with Crippen molar-refractivity contribution < 1.29 is 32.7 Å². The molecule has 2 fully saturated rings. The van der Waals surface area contributed by atoms with Gasteiger partial charge in [0, 0.05) is 62.2 Å². The zero-order valence-corrected chi connectivity index (χ0v) is 27.6. The highest BCUT2D eigenvalue weighted by molar-refractivity contribution is 5.98. The van der Waals surface area contributed by atoms with Crippen LogP contribution in [0, 0.1) is 5.92 Å². The Labute approximate surface area is 274 Å². The first-order valence-electron chi connectivity index (χ1n) is 16.3. The van der Waals surface area contributed by atoms with Crippen LogP contribution in [-0.2, 0) is 25.1 Å². The molecule has 1 aliphatic carbocycles. The van der Waals surface area contributed by atoms with Crippen molar-refractivity contribution in [2.75, 3.05) is 45.7 Å². The number of hydrogen-bond acceptors (Lipinski definition) is 7. The third kappa shape index (κ3) is 9.03. The number of pyridine rings is 1. The van der Waals surface area contributed by atoms with Crippen LogP contribution in [0.2, 0.25) is 0 Å². The van der Waals surface area contributed by atoms with Gasteiger partial charge >= 0.3 is 5.92 Å². The van der Waals surface area contributed by atoms with Crippen molar-refractivity contribution in [3.05, 3.63) is 53.7 Å². The van der Waals surface area contributed by atoms with Crippen molar-refractivity contribution in [2.24, 2.45) is 5.92 Å². The Morgan fingerprint density at radius 1 is 0.979 bits per heavy atom. The van der Waals surface area contributed by atoms with E-state index in [2.05, 4.69) is 25.8 Å². The van der Waals surface area contributed by atoms with Gasteiger partial charge < -0.3 is 30.5 Å². The summed E-state index contributed by atoms with van der Waals surface area (Å²) in [5.74, 6) is -7.20. The van der Waals surface area contributed by atoms with Gasteiger partial charge in [-0.15, -0.1) is 0 Å². The average Bonchev–Trinajstić information content (AvgIpc) is 3.08. The molecule has 11 nitrogen and oxygen atoms in total. The van der Waals surface area contributed by atoms with Gasteiger partial charge in [-0.05, 0) is 56.5 Å². The summed E-state index contributed by atoms with van der Waals surface area (Å²) in [6.07, 6.45) is 5.02. The third-order valence-corrected chi connectivity index (χ3v) is 9.11. The molecule has 0 bridgehead atoms. The maximum Gasteiger partial charge on any atom is 0.351 e. The molecule has 3 atom stereocenters. The summed E-state index contributed by atoms with van der Waals surface area (Å²) in [6, 6.07) is 7.38. The normalized spacial score (nSPS) is 18.0. The van der Waals surface area contributed by atoms with Crippen LogP contribution in [0.15, 0.2) is 42.6 Å². The van der Waals surface area contributed by atoms with E-state index in [-0.39, 0.29) is 30.0 Å². The maximum atomic E-state index is 15.2. The van der Waals surface area contributed by atoms with Crippen LogP contribution in [-0.4, -0.2) is 90.8 Å². The first kappa shape index (κ1) is 35.7. The molecule has 2 aromatic rings. The number of halogens is 2. The van der Waals surface area contributed by atoms with E-state index in [0.717, 1.165) is 44.6 Å². The molecule has 1 aromatic carbocycles. The van der Waals surface area contributed by atoms with Crippen LogP contribution in [0.4, 0.5) is 14.5 Å². The molecule has 4 amide bonds. The minimum atomic E-state index is -3.93. The van der Waals surface area contributed by atoms with E-state index in [9.17, 15) is 19.2 Å². The van der Waals surface area contributed by atoms with Crippen molar-refractivity contribution in [2.45, 2.75) is 76.3 Å². The molecule has 0 unspecified atom stereocenters. The van der Waals surface area contributed by atoms with Gasteiger partial charge in [0.15, 0.2) is 0 Å². The number of nitrogens with one attached hydrogen (secondary N) is 3. The molecule has 1 saturated carbocycles. The number of amides is 4. The minimum absolute atomic E-state index is 0.0909. The molecular formula is C34H46F2N6O5. The van der Waals surface area contributed by atoms with Crippen molar-refractivity contribution in [1.29, 1.82) is 0 Å². The lowest BCUT2D eigenvalue weighted by Gasteiger charge is -2.36.